The second kappa shape index (κ2) is 12.2. The fraction of sp³-hybridized carbons (Fsp3) is 0.882. The molecule has 1 unspecified atom stereocenters. The average Bonchev–Trinajstić information content (AvgIpc) is 2.46. The molecule has 7 nitrogen and oxygen atoms in total. The fourth-order valence-corrected chi connectivity index (χ4v) is 4.11. The van der Waals surface area contributed by atoms with Gasteiger partial charge in [0.2, 0.25) is 0 Å². The van der Waals surface area contributed by atoms with E-state index in [-0.39, 0.29) is 6.42 Å². The van der Waals surface area contributed by atoms with Crippen LogP contribution in [0.2, 0.25) is 0 Å². The first-order valence-electron chi connectivity index (χ1n) is 9.03. The summed E-state index contributed by atoms with van der Waals surface area (Å²) >= 11 is 0. The summed E-state index contributed by atoms with van der Waals surface area (Å²) in [4.78, 5) is 22.4. The molecule has 8 heteroatoms. The van der Waals surface area contributed by atoms with Gasteiger partial charge in [0.05, 0.1) is 17.6 Å². The Morgan fingerprint density at radius 2 is 1.28 bits per heavy atom. The summed E-state index contributed by atoms with van der Waals surface area (Å²) in [5.74, 6) is -3.96. The van der Waals surface area contributed by atoms with Crippen molar-refractivity contribution in [2.75, 3.05) is 5.75 Å². The maximum Gasteiger partial charge on any atom is 0.311 e. The molecule has 0 aliphatic rings. The minimum Gasteiger partial charge on any atom is -0.481 e. The van der Waals surface area contributed by atoms with Crippen molar-refractivity contribution in [2.24, 2.45) is 5.41 Å². The molecule has 0 aromatic heterocycles. The summed E-state index contributed by atoms with van der Waals surface area (Å²) in [6.07, 6.45) is 9.43. The van der Waals surface area contributed by atoms with Crippen molar-refractivity contribution >= 4 is 22.1 Å². The standard InChI is InChI=1S/C17H32O7S/c1-2-3-4-5-6-7-8-9-10-11-12-17(16(20)21,13-15(18)19)14-25(22,23)24/h2-14H2,1H3,(H,18,19)(H,20,21)(H,22,23,24). The molecule has 3 N–H and O–H groups in total. The summed E-state index contributed by atoms with van der Waals surface area (Å²) in [6.45, 7) is 2.17. The number of hydrogen-bond acceptors (Lipinski definition) is 4. The van der Waals surface area contributed by atoms with E-state index in [2.05, 4.69) is 6.92 Å². The van der Waals surface area contributed by atoms with E-state index in [9.17, 15) is 23.1 Å². The highest BCUT2D eigenvalue weighted by Gasteiger charge is 2.43. The molecule has 0 saturated carbocycles. The van der Waals surface area contributed by atoms with Crippen LogP contribution in [0.15, 0.2) is 0 Å². The van der Waals surface area contributed by atoms with Gasteiger partial charge in [0.1, 0.15) is 0 Å². The molecule has 0 spiro atoms. The van der Waals surface area contributed by atoms with Crippen molar-refractivity contribution in [1.82, 2.24) is 0 Å². The highest BCUT2D eigenvalue weighted by atomic mass is 32.2. The van der Waals surface area contributed by atoms with E-state index in [4.69, 9.17) is 9.66 Å². The van der Waals surface area contributed by atoms with Crippen LogP contribution in [0.25, 0.3) is 0 Å². The van der Waals surface area contributed by atoms with E-state index in [1.54, 1.807) is 0 Å². The van der Waals surface area contributed by atoms with Crippen LogP contribution in [-0.2, 0) is 19.7 Å². The van der Waals surface area contributed by atoms with Gasteiger partial charge in [-0.05, 0) is 6.42 Å². The van der Waals surface area contributed by atoms with Gasteiger partial charge in [0.15, 0.2) is 0 Å². The first-order valence-corrected chi connectivity index (χ1v) is 10.6. The Morgan fingerprint density at radius 1 is 0.840 bits per heavy atom. The Hall–Kier alpha value is -1.15. The molecular weight excluding hydrogens is 348 g/mol. The molecular formula is C17H32O7S. The first-order chi connectivity index (χ1) is 11.6. The molecule has 0 amide bonds. The Balaban J connectivity index is 4.31. The van der Waals surface area contributed by atoms with Crippen LogP contribution < -0.4 is 0 Å². The Morgan fingerprint density at radius 3 is 1.64 bits per heavy atom. The predicted octanol–water partition coefficient (Wildman–Crippen LogP) is 3.73. The van der Waals surface area contributed by atoms with Gasteiger partial charge in [-0.3, -0.25) is 14.1 Å². The van der Waals surface area contributed by atoms with E-state index in [0.717, 1.165) is 25.7 Å². The van der Waals surface area contributed by atoms with Crippen LogP contribution in [0.4, 0.5) is 0 Å². The van der Waals surface area contributed by atoms with Crippen LogP contribution in [0.3, 0.4) is 0 Å². The summed E-state index contributed by atoms with van der Waals surface area (Å²) in [5, 5.41) is 18.3. The van der Waals surface area contributed by atoms with Crippen LogP contribution in [0.1, 0.15) is 84.0 Å². The van der Waals surface area contributed by atoms with Crippen molar-refractivity contribution in [3.05, 3.63) is 0 Å². The normalized spacial score (nSPS) is 14.2. The Bertz CT molecular complexity index is 501. The smallest absolute Gasteiger partial charge is 0.311 e. The van der Waals surface area contributed by atoms with E-state index in [1.807, 2.05) is 0 Å². The topological polar surface area (TPSA) is 129 Å². The average molecular weight is 381 g/mol. The lowest BCUT2D eigenvalue weighted by Crippen LogP contribution is -2.40. The molecule has 0 fully saturated rings. The zero-order chi connectivity index (χ0) is 19.3. The van der Waals surface area contributed by atoms with Crippen molar-refractivity contribution in [3.8, 4) is 0 Å². The van der Waals surface area contributed by atoms with Crippen LogP contribution in [-0.4, -0.2) is 40.9 Å². The maximum absolute atomic E-state index is 11.5. The highest BCUT2D eigenvalue weighted by molar-refractivity contribution is 7.85. The van der Waals surface area contributed by atoms with Crippen molar-refractivity contribution < 1.29 is 32.8 Å². The molecule has 1 atom stereocenters. The lowest BCUT2D eigenvalue weighted by Gasteiger charge is -2.26. The molecule has 0 aliphatic heterocycles. The molecule has 25 heavy (non-hydrogen) atoms. The van der Waals surface area contributed by atoms with Crippen molar-refractivity contribution in [3.63, 3.8) is 0 Å². The minimum absolute atomic E-state index is 0.0784. The first kappa shape index (κ1) is 23.9. The Kier molecular flexibility index (Phi) is 11.7. The number of carbonyl (C=O) groups is 2. The minimum atomic E-state index is -4.58. The van der Waals surface area contributed by atoms with E-state index in [1.165, 1.54) is 32.1 Å². The second-order valence-electron chi connectivity index (χ2n) is 6.81. The zero-order valence-electron chi connectivity index (χ0n) is 15.1. The molecule has 0 heterocycles. The molecule has 0 rings (SSSR count). The Labute approximate surface area is 150 Å². The van der Waals surface area contributed by atoms with Gasteiger partial charge in [-0.25, -0.2) is 0 Å². The summed E-state index contributed by atoms with van der Waals surface area (Å²) in [7, 11) is -4.58. The molecule has 0 saturated heterocycles. The molecule has 0 aromatic carbocycles. The number of carboxylic acids is 2. The number of hydrogen-bond donors (Lipinski definition) is 3. The quantitative estimate of drug-likeness (QED) is 0.275. The predicted molar refractivity (Wildman–Crippen MR) is 95.2 cm³/mol. The van der Waals surface area contributed by atoms with Crippen LogP contribution in [0.5, 0.6) is 0 Å². The van der Waals surface area contributed by atoms with Gasteiger partial charge >= 0.3 is 11.9 Å². The van der Waals surface area contributed by atoms with Crippen LogP contribution >= 0.6 is 0 Å². The summed E-state index contributed by atoms with van der Waals surface area (Å²) in [6, 6.07) is 0. The van der Waals surface area contributed by atoms with E-state index < -0.39 is 39.6 Å². The second-order valence-corrected chi connectivity index (χ2v) is 8.27. The molecule has 0 bridgehead atoms. The third-order valence-electron chi connectivity index (χ3n) is 4.41. The third-order valence-corrected chi connectivity index (χ3v) is 5.33. The van der Waals surface area contributed by atoms with Gasteiger partial charge in [-0.1, -0.05) is 71.1 Å². The maximum atomic E-state index is 11.5. The van der Waals surface area contributed by atoms with E-state index in [0.29, 0.717) is 6.42 Å². The molecule has 0 aromatic rings. The van der Waals surface area contributed by atoms with Gasteiger partial charge in [-0.15, -0.1) is 0 Å². The largest absolute Gasteiger partial charge is 0.481 e. The molecule has 148 valence electrons. The third kappa shape index (κ3) is 11.9. The van der Waals surface area contributed by atoms with Gasteiger partial charge in [0, 0.05) is 0 Å². The summed E-state index contributed by atoms with van der Waals surface area (Å²) in [5.41, 5.74) is -1.97. The lowest BCUT2D eigenvalue weighted by molar-refractivity contribution is -0.155. The number of unbranched alkanes of at least 4 members (excludes halogenated alkanes) is 9. The number of rotatable bonds is 16. The van der Waals surface area contributed by atoms with Crippen molar-refractivity contribution in [1.29, 1.82) is 0 Å². The fourth-order valence-electron chi connectivity index (χ4n) is 3.05. The van der Waals surface area contributed by atoms with Crippen LogP contribution in [0, 0.1) is 5.41 Å². The number of aliphatic carboxylic acids is 2. The lowest BCUT2D eigenvalue weighted by atomic mass is 9.81. The van der Waals surface area contributed by atoms with Gasteiger partial charge < -0.3 is 10.2 Å². The number of carboxylic acid groups (broad SMARTS) is 2. The van der Waals surface area contributed by atoms with Crippen molar-refractivity contribution in [2.45, 2.75) is 84.0 Å². The zero-order valence-corrected chi connectivity index (χ0v) is 15.9. The monoisotopic (exact) mass is 380 g/mol. The van der Waals surface area contributed by atoms with E-state index >= 15 is 0 Å². The summed E-state index contributed by atoms with van der Waals surface area (Å²) < 4.78 is 31.2. The van der Waals surface area contributed by atoms with Gasteiger partial charge in [0.25, 0.3) is 10.1 Å². The molecule has 0 radical (unpaired) electrons. The SMILES string of the molecule is CCCCCCCCCCCCC(CC(=O)O)(CS(=O)(=O)O)C(=O)O. The molecule has 0 aliphatic carbocycles. The highest BCUT2D eigenvalue weighted by Crippen LogP contribution is 2.32. The van der Waals surface area contributed by atoms with Gasteiger partial charge in [-0.2, -0.15) is 8.42 Å².